The van der Waals surface area contributed by atoms with Crippen molar-refractivity contribution in [1.29, 1.82) is 0 Å². The summed E-state index contributed by atoms with van der Waals surface area (Å²) >= 11 is 0. The van der Waals surface area contributed by atoms with E-state index in [9.17, 15) is 9.59 Å². The van der Waals surface area contributed by atoms with Gasteiger partial charge in [-0.3, -0.25) is 4.79 Å². The van der Waals surface area contributed by atoms with Gasteiger partial charge in [0.15, 0.2) is 0 Å². The van der Waals surface area contributed by atoms with Crippen molar-refractivity contribution in [2.75, 3.05) is 19.6 Å². The number of carbonyl (C=O) groups excluding carboxylic acids is 1. The zero-order valence-corrected chi connectivity index (χ0v) is 10.1. The highest BCUT2D eigenvalue weighted by Gasteiger charge is 2.39. The van der Waals surface area contributed by atoms with Crippen molar-refractivity contribution in [2.45, 2.75) is 32.7 Å². The van der Waals surface area contributed by atoms with Crippen molar-refractivity contribution in [3.8, 4) is 0 Å². The van der Waals surface area contributed by atoms with Gasteiger partial charge in [0.25, 0.3) is 0 Å². The van der Waals surface area contributed by atoms with Crippen molar-refractivity contribution in [3.63, 3.8) is 0 Å². The predicted octanol–water partition coefficient (Wildman–Crippen LogP) is 0.308. The van der Waals surface area contributed by atoms with Crippen LogP contribution in [0.3, 0.4) is 0 Å². The Balaban J connectivity index is 2.80. The van der Waals surface area contributed by atoms with Gasteiger partial charge in [-0.25, -0.2) is 4.79 Å². The Bertz CT molecular complexity index is 283. The maximum Gasteiger partial charge on any atom is 0.329 e. The van der Waals surface area contributed by atoms with E-state index in [0.717, 1.165) is 13.0 Å². The molecule has 5 nitrogen and oxygen atoms in total. The number of hydrogen-bond donors (Lipinski definition) is 2. The fourth-order valence-corrected chi connectivity index (χ4v) is 2.03. The molecule has 1 aliphatic heterocycles. The molecule has 1 atom stereocenters. The Labute approximate surface area is 95.8 Å². The van der Waals surface area contributed by atoms with Gasteiger partial charge >= 0.3 is 5.97 Å². The standard InChI is InChI=1S/C11H20N2O3/c1-4-13(11(2,3)10(15)16)9(14)8-5-6-12-7-8/h8,12H,4-7H2,1-3H3,(H,15,16). The number of nitrogens with one attached hydrogen (secondary N) is 1. The Morgan fingerprint density at radius 2 is 2.12 bits per heavy atom. The van der Waals surface area contributed by atoms with Gasteiger partial charge < -0.3 is 15.3 Å². The molecule has 16 heavy (non-hydrogen) atoms. The molecular weight excluding hydrogens is 208 g/mol. The Morgan fingerprint density at radius 3 is 2.50 bits per heavy atom. The van der Waals surface area contributed by atoms with Crippen LogP contribution in [0.2, 0.25) is 0 Å². The topological polar surface area (TPSA) is 69.6 Å². The highest BCUT2D eigenvalue weighted by atomic mass is 16.4. The molecule has 0 aromatic heterocycles. The molecule has 92 valence electrons. The first-order chi connectivity index (χ1) is 7.41. The summed E-state index contributed by atoms with van der Waals surface area (Å²) in [4.78, 5) is 24.7. The highest BCUT2D eigenvalue weighted by Crippen LogP contribution is 2.20. The second kappa shape index (κ2) is 4.82. The Hall–Kier alpha value is -1.10. The minimum atomic E-state index is -1.13. The fourth-order valence-electron chi connectivity index (χ4n) is 2.03. The van der Waals surface area contributed by atoms with Gasteiger partial charge in [0, 0.05) is 13.1 Å². The average molecular weight is 228 g/mol. The third kappa shape index (κ3) is 2.35. The van der Waals surface area contributed by atoms with Crippen molar-refractivity contribution >= 4 is 11.9 Å². The largest absolute Gasteiger partial charge is 0.480 e. The number of hydrogen-bond acceptors (Lipinski definition) is 3. The van der Waals surface area contributed by atoms with Crippen LogP contribution in [0.15, 0.2) is 0 Å². The van der Waals surface area contributed by atoms with Crippen LogP contribution in [0.25, 0.3) is 0 Å². The van der Waals surface area contributed by atoms with E-state index >= 15 is 0 Å². The molecule has 1 heterocycles. The molecule has 0 aromatic rings. The second-order valence-electron chi connectivity index (χ2n) is 4.64. The Kier molecular flexibility index (Phi) is 3.91. The van der Waals surface area contributed by atoms with Crippen LogP contribution in [0, 0.1) is 5.92 Å². The minimum Gasteiger partial charge on any atom is -0.480 e. The van der Waals surface area contributed by atoms with Gasteiger partial charge in [-0.05, 0) is 33.7 Å². The third-order valence-corrected chi connectivity index (χ3v) is 3.19. The molecule has 2 N–H and O–H groups in total. The zero-order valence-electron chi connectivity index (χ0n) is 10.1. The number of carboxylic acids is 1. The lowest BCUT2D eigenvalue weighted by Crippen LogP contribution is -2.54. The van der Waals surface area contributed by atoms with Crippen molar-refractivity contribution in [3.05, 3.63) is 0 Å². The first kappa shape index (κ1) is 13.0. The van der Waals surface area contributed by atoms with E-state index in [1.807, 2.05) is 6.92 Å². The molecule has 1 aliphatic rings. The van der Waals surface area contributed by atoms with Crippen LogP contribution in [-0.4, -0.2) is 47.1 Å². The molecule has 0 aliphatic carbocycles. The van der Waals surface area contributed by atoms with Crippen LogP contribution in [0.5, 0.6) is 0 Å². The van der Waals surface area contributed by atoms with Gasteiger partial charge in [-0.15, -0.1) is 0 Å². The summed E-state index contributed by atoms with van der Waals surface area (Å²) in [5.41, 5.74) is -1.13. The average Bonchev–Trinajstić information content (AvgIpc) is 2.70. The number of nitrogens with zero attached hydrogens (tertiary/aromatic N) is 1. The number of carbonyl (C=O) groups is 2. The maximum absolute atomic E-state index is 12.2. The van der Waals surface area contributed by atoms with E-state index in [-0.39, 0.29) is 11.8 Å². The summed E-state index contributed by atoms with van der Waals surface area (Å²) in [6, 6.07) is 0. The molecule has 0 saturated carbocycles. The summed E-state index contributed by atoms with van der Waals surface area (Å²) in [5, 5.41) is 12.2. The monoisotopic (exact) mass is 228 g/mol. The summed E-state index contributed by atoms with van der Waals surface area (Å²) in [7, 11) is 0. The fraction of sp³-hybridized carbons (Fsp3) is 0.818. The van der Waals surface area contributed by atoms with E-state index < -0.39 is 11.5 Å². The molecule has 0 radical (unpaired) electrons. The van der Waals surface area contributed by atoms with Gasteiger partial charge in [0.2, 0.25) is 5.91 Å². The lowest BCUT2D eigenvalue weighted by molar-refractivity contribution is -0.158. The minimum absolute atomic E-state index is 0.0556. The molecule has 5 heteroatoms. The molecule has 1 rings (SSSR count). The number of likely N-dealkylation sites (N-methyl/N-ethyl adjacent to an activating group) is 1. The second-order valence-corrected chi connectivity index (χ2v) is 4.64. The normalized spacial score (nSPS) is 20.8. The number of aliphatic carboxylic acids is 1. The van der Waals surface area contributed by atoms with E-state index in [2.05, 4.69) is 5.32 Å². The molecule has 1 saturated heterocycles. The molecule has 0 bridgehead atoms. The van der Waals surface area contributed by atoms with E-state index in [1.165, 1.54) is 4.90 Å². The summed E-state index contributed by atoms with van der Waals surface area (Å²) in [6.07, 6.45) is 0.797. The molecule has 1 unspecified atom stereocenters. The molecular formula is C11H20N2O3. The third-order valence-electron chi connectivity index (χ3n) is 3.19. The number of carboxylic acid groups (broad SMARTS) is 1. The predicted molar refractivity (Wildman–Crippen MR) is 60.1 cm³/mol. The van der Waals surface area contributed by atoms with Gasteiger partial charge in [-0.2, -0.15) is 0 Å². The zero-order chi connectivity index (χ0) is 12.3. The molecule has 0 aromatic carbocycles. The van der Waals surface area contributed by atoms with E-state index in [0.29, 0.717) is 13.1 Å². The lowest BCUT2D eigenvalue weighted by atomic mass is 9.99. The quantitative estimate of drug-likeness (QED) is 0.726. The maximum atomic E-state index is 12.2. The van der Waals surface area contributed by atoms with Gasteiger partial charge in [0.05, 0.1) is 5.92 Å². The van der Waals surface area contributed by atoms with Crippen LogP contribution >= 0.6 is 0 Å². The number of amides is 1. The van der Waals surface area contributed by atoms with Crippen molar-refractivity contribution < 1.29 is 14.7 Å². The lowest BCUT2D eigenvalue weighted by Gasteiger charge is -2.35. The van der Waals surface area contributed by atoms with Crippen LogP contribution in [0.4, 0.5) is 0 Å². The van der Waals surface area contributed by atoms with Crippen LogP contribution < -0.4 is 5.32 Å². The summed E-state index contributed by atoms with van der Waals surface area (Å²) in [6.45, 7) is 6.87. The first-order valence-corrected chi connectivity index (χ1v) is 5.66. The highest BCUT2D eigenvalue weighted by molar-refractivity contribution is 5.87. The van der Waals surface area contributed by atoms with Gasteiger partial charge in [-0.1, -0.05) is 0 Å². The molecule has 1 fully saturated rings. The molecule has 1 amide bonds. The summed E-state index contributed by atoms with van der Waals surface area (Å²) in [5.74, 6) is -1.09. The number of rotatable bonds is 4. The van der Waals surface area contributed by atoms with E-state index in [1.54, 1.807) is 13.8 Å². The molecule has 0 spiro atoms. The van der Waals surface area contributed by atoms with Crippen molar-refractivity contribution in [1.82, 2.24) is 10.2 Å². The van der Waals surface area contributed by atoms with Crippen LogP contribution in [0.1, 0.15) is 27.2 Å². The van der Waals surface area contributed by atoms with Gasteiger partial charge in [0.1, 0.15) is 5.54 Å². The summed E-state index contributed by atoms with van der Waals surface area (Å²) < 4.78 is 0. The van der Waals surface area contributed by atoms with Crippen LogP contribution in [-0.2, 0) is 9.59 Å². The van der Waals surface area contributed by atoms with Crippen molar-refractivity contribution in [2.24, 2.45) is 5.92 Å². The SMILES string of the molecule is CCN(C(=O)C1CCNC1)C(C)(C)C(=O)O. The Morgan fingerprint density at radius 1 is 1.50 bits per heavy atom. The van der Waals surface area contributed by atoms with E-state index in [4.69, 9.17) is 5.11 Å². The smallest absolute Gasteiger partial charge is 0.329 e. The first-order valence-electron chi connectivity index (χ1n) is 5.66.